The number of benzene rings is 8. The minimum Gasteiger partial charge on any atom is -0.309 e. The fourth-order valence-electron chi connectivity index (χ4n) is 8.98. The number of fused-ring (bicyclic) bond motifs is 6. The predicted octanol–water partition coefficient (Wildman–Crippen LogP) is 12.9. The molecule has 7 nitrogen and oxygen atoms in total. The molecule has 286 valence electrons. The zero-order chi connectivity index (χ0) is 40.3. The number of rotatable bonds is 7. The average Bonchev–Trinajstić information content (AvgIpc) is 4.03. The molecule has 0 aliphatic carbocycles. The molecule has 0 unspecified atom stereocenters. The lowest BCUT2D eigenvalue weighted by molar-refractivity contribution is 0.995. The molecule has 12 aromatic rings. The molecule has 61 heavy (non-hydrogen) atoms. The molecule has 0 bridgehead atoms. The fraction of sp³-hybridized carbons (Fsp3) is 0. The molecule has 0 atom stereocenters. The average molecular weight is 782 g/mol. The lowest BCUT2D eigenvalue weighted by Gasteiger charge is -2.13. The summed E-state index contributed by atoms with van der Waals surface area (Å²) in [5.41, 5.74) is 12.0. The van der Waals surface area contributed by atoms with Crippen LogP contribution in [0.5, 0.6) is 0 Å². The molecule has 0 saturated carbocycles. The van der Waals surface area contributed by atoms with Gasteiger partial charge in [-0.05, 0) is 54.6 Å². The highest BCUT2D eigenvalue weighted by Gasteiger charge is 2.26. The van der Waals surface area contributed by atoms with Gasteiger partial charge < -0.3 is 4.57 Å². The van der Waals surface area contributed by atoms with E-state index < -0.39 is 0 Å². The number of aromatic nitrogens is 7. The third kappa shape index (κ3) is 5.59. The summed E-state index contributed by atoms with van der Waals surface area (Å²) in [6.45, 7) is 0. The van der Waals surface area contributed by atoms with Crippen LogP contribution in [0.1, 0.15) is 0 Å². The normalized spacial score (nSPS) is 11.6. The van der Waals surface area contributed by atoms with Gasteiger partial charge in [-0.3, -0.25) is 9.13 Å². The Morgan fingerprint density at radius 2 is 0.705 bits per heavy atom. The molecule has 8 aromatic carbocycles. The molecule has 0 N–H and O–H groups in total. The van der Waals surface area contributed by atoms with Crippen LogP contribution in [-0.2, 0) is 0 Å². The van der Waals surface area contributed by atoms with E-state index in [1.54, 1.807) is 0 Å². The van der Waals surface area contributed by atoms with Gasteiger partial charge in [0.05, 0.1) is 33.5 Å². The monoisotopic (exact) mass is 781 g/mol. The second kappa shape index (κ2) is 14.1. The summed E-state index contributed by atoms with van der Waals surface area (Å²) in [4.78, 5) is 10.6. The number of nitrogens with zero attached hydrogens (tertiary/aromatic N) is 7. The van der Waals surface area contributed by atoms with Crippen molar-refractivity contribution in [2.24, 2.45) is 0 Å². The van der Waals surface area contributed by atoms with Gasteiger partial charge in [0.25, 0.3) is 0 Å². The quantitative estimate of drug-likeness (QED) is 0.161. The van der Waals surface area contributed by atoms with Crippen LogP contribution in [0.2, 0.25) is 0 Å². The Morgan fingerprint density at radius 1 is 0.311 bits per heavy atom. The SMILES string of the molecule is c1ccc(-c2cc(-c3ccccc3)nc(-n3c4ccccc4c4c(-c5nnc(-c6cccc7c6c6ccccc6n7-c6ccccc6)n5-c5ccccc5)cccc43)n2)cc1. The van der Waals surface area contributed by atoms with Gasteiger partial charge in [-0.25, -0.2) is 9.97 Å². The van der Waals surface area contributed by atoms with Gasteiger partial charge in [-0.2, -0.15) is 0 Å². The lowest BCUT2D eigenvalue weighted by atomic mass is 10.0. The summed E-state index contributed by atoms with van der Waals surface area (Å²) < 4.78 is 6.74. The first-order chi connectivity index (χ1) is 30.3. The Labute approximate surface area is 351 Å². The summed E-state index contributed by atoms with van der Waals surface area (Å²) in [5, 5.41) is 14.6. The van der Waals surface area contributed by atoms with Crippen molar-refractivity contribution < 1.29 is 0 Å². The van der Waals surface area contributed by atoms with Crippen molar-refractivity contribution in [2.45, 2.75) is 0 Å². The van der Waals surface area contributed by atoms with E-state index in [0.717, 1.165) is 100 Å². The van der Waals surface area contributed by atoms with E-state index in [1.165, 1.54) is 0 Å². The maximum atomic E-state index is 5.28. The molecule has 4 heterocycles. The maximum absolute atomic E-state index is 5.28. The minimum absolute atomic E-state index is 0.593. The molecule has 0 fully saturated rings. The first-order valence-corrected chi connectivity index (χ1v) is 20.4. The third-order valence-corrected chi connectivity index (χ3v) is 11.6. The summed E-state index contributed by atoms with van der Waals surface area (Å²) in [7, 11) is 0. The minimum atomic E-state index is 0.593. The molecule has 7 heteroatoms. The van der Waals surface area contributed by atoms with Crippen molar-refractivity contribution in [3.05, 3.63) is 212 Å². The molecule has 12 rings (SSSR count). The topological polar surface area (TPSA) is 66.3 Å². The van der Waals surface area contributed by atoms with E-state index >= 15 is 0 Å². The molecule has 4 aromatic heterocycles. The molecular formula is C54H35N7. The van der Waals surface area contributed by atoms with E-state index in [1.807, 2.05) is 42.5 Å². The van der Waals surface area contributed by atoms with Crippen molar-refractivity contribution in [1.82, 2.24) is 33.9 Å². The Kier molecular flexibility index (Phi) is 8.03. The highest BCUT2D eigenvalue weighted by atomic mass is 15.3. The molecule has 0 aliphatic heterocycles. The van der Waals surface area contributed by atoms with E-state index in [-0.39, 0.29) is 0 Å². The van der Waals surface area contributed by atoms with Gasteiger partial charge in [-0.1, -0.05) is 158 Å². The van der Waals surface area contributed by atoms with E-state index in [2.05, 4.69) is 184 Å². The standard InChI is InChI=1S/C54H35N7/c1-5-19-36(20-6-1)44-35-45(37-21-7-2-8-22-37)56-54(55-44)61-47-32-16-14-28-41(47)51-43(30-18-34-49(51)61)53-58-57-52(60(53)39-25-11-4-12-26-39)42-29-17-33-48-50(42)40-27-13-15-31-46(40)59(48)38-23-9-3-10-24-38/h1-35H. The van der Waals surface area contributed by atoms with Crippen LogP contribution in [0.15, 0.2) is 212 Å². The van der Waals surface area contributed by atoms with Crippen LogP contribution < -0.4 is 0 Å². The summed E-state index contributed by atoms with van der Waals surface area (Å²) in [5.74, 6) is 2.09. The van der Waals surface area contributed by atoms with Gasteiger partial charge >= 0.3 is 0 Å². The van der Waals surface area contributed by atoms with Crippen LogP contribution in [0.4, 0.5) is 0 Å². The Hall–Kier alpha value is -8.42. The fourth-order valence-corrected chi connectivity index (χ4v) is 8.98. The van der Waals surface area contributed by atoms with E-state index in [0.29, 0.717) is 5.95 Å². The summed E-state index contributed by atoms with van der Waals surface area (Å²) >= 11 is 0. The largest absolute Gasteiger partial charge is 0.309 e. The lowest BCUT2D eigenvalue weighted by Crippen LogP contribution is -2.04. The Morgan fingerprint density at radius 3 is 1.21 bits per heavy atom. The first-order valence-electron chi connectivity index (χ1n) is 20.4. The van der Waals surface area contributed by atoms with Crippen LogP contribution in [0, 0.1) is 0 Å². The highest BCUT2D eigenvalue weighted by molar-refractivity contribution is 6.17. The van der Waals surface area contributed by atoms with Crippen LogP contribution in [0.3, 0.4) is 0 Å². The zero-order valence-electron chi connectivity index (χ0n) is 32.8. The van der Waals surface area contributed by atoms with Gasteiger partial charge in [0.15, 0.2) is 11.6 Å². The van der Waals surface area contributed by atoms with Crippen molar-refractivity contribution in [2.75, 3.05) is 0 Å². The summed E-state index contributed by atoms with van der Waals surface area (Å²) in [6, 6.07) is 73.7. The van der Waals surface area contributed by atoms with E-state index in [9.17, 15) is 0 Å². The van der Waals surface area contributed by atoms with Crippen molar-refractivity contribution in [3.63, 3.8) is 0 Å². The zero-order valence-corrected chi connectivity index (χ0v) is 32.8. The molecule has 0 saturated heterocycles. The molecular weight excluding hydrogens is 747 g/mol. The van der Waals surface area contributed by atoms with E-state index in [4.69, 9.17) is 20.2 Å². The Bertz CT molecular complexity index is 3510. The van der Waals surface area contributed by atoms with Crippen molar-refractivity contribution in [1.29, 1.82) is 0 Å². The maximum Gasteiger partial charge on any atom is 0.235 e. The van der Waals surface area contributed by atoms with Crippen LogP contribution >= 0.6 is 0 Å². The predicted molar refractivity (Wildman–Crippen MR) is 247 cm³/mol. The van der Waals surface area contributed by atoms with Crippen LogP contribution in [-0.4, -0.2) is 33.9 Å². The molecule has 0 amide bonds. The number of hydrogen-bond acceptors (Lipinski definition) is 4. The van der Waals surface area contributed by atoms with Gasteiger partial charge in [-0.15, -0.1) is 10.2 Å². The van der Waals surface area contributed by atoms with Crippen LogP contribution in [0.25, 0.3) is 106 Å². The second-order valence-corrected chi connectivity index (χ2v) is 15.1. The van der Waals surface area contributed by atoms with Crippen molar-refractivity contribution >= 4 is 43.6 Å². The summed E-state index contributed by atoms with van der Waals surface area (Å²) in [6.07, 6.45) is 0. The second-order valence-electron chi connectivity index (χ2n) is 15.1. The van der Waals surface area contributed by atoms with Gasteiger partial charge in [0.2, 0.25) is 5.95 Å². The molecule has 0 spiro atoms. The molecule has 0 radical (unpaired) electrons. The highest BCUT2D eigenvalue weighted by Crippen LogP contribution is 2.42. The van der Waals surface area contributed by atoms with Crippen molar-refractivity contribution in [3.8, 4) is 62.6 Å². The third-order valence-electron chi connectivity index (χ3n) is 11.6. The number of para-hydroxylation sites is 4. The van der Waals surface area contributed by atoms with Gasteiger partial charge in [0, 0.05) is 55.2 Å². The van der Waals surface area contributed by atoms with Gasteiger partial charge in [0.1, 0.15) is 0 Å². The first kappa shape index (κ1) is 34.6. The molecule has 0 aliphatic rings. The number of hydrogen-bond donors (Lipinski definition) is 0. The smallest absolute Gasteiger partial charge is 0.235 e. The Balaban J connectivity index is 1.13.